The van der Waals surface area contributed by atoms with Gasteiger partial charge in [-0.3, -0.25) is 9.20 Å². The number of aryl methyl sites for hydroxylation is 2. The number of nitrogens with one attached hydrogen (secondary N) is 1. The molecule has 0 radical (unpaired) electrons. The smallest absolute Gasteiger partial charge is 0.290 e. The van der Waals surface area contributed by atoms with Gasteiger partial charge in [-0.15, -0.1) is 0 Å². The molecule has 2 aromatic heterocycles. The van der Waals surface area contributed by atoms with Gasteiger partial charge in [0.25, 0.3) is 5.91 Å². The zero-order valence-electron chi connectivity index (χ0n) is 14.8. The molecule has 132 valence electrons. The fourth-order valence-electron chi connectivity index (χ4n) is 2.56. The van der Waals surface area contributed by atoms with Crippen molar-refractivity contribution in [2.24, 2.45) is 5.10 Å². The first-order valence-corrected chi connectivity index (χ1v) is 8.21. The number of hydrazone groups is 1. The van der Waals surface area contributed by atoms with Gasteiger partial charge in [-0.25, -0.2) is 10.4 Å². The van der Waals surface area contributed by atoms with Crippen LogP contribution in [0.25, 0.3) is 5.65 Å². The highest BCUT2D eigenvalue weighted by Gasteiger charge is 2.15. The molecule has 2 heterocycles. The van der Waals surface area contributed by atoms with E-state index < -0.39 is 0 Å². The van der Waals surface area contributed by atoms with Crippen LogP contribution in [0.1, 0.15) is 27.3 Å². The number of ether oxygens (including phenoxy) is 1. The maximum Gasteiger partial charge on any atom is 0.290 e. The number of hydrogen-bond donors (Lipinski definition) is 1. The van der Waals surface area contributed by atoms with Gasteiger partial charge in [0, 0.05) is 6.20 Å². The van der Waals surface area contributed by atoms with Crippen LogP contribution in [-0.2, 0) is 0 Å². The van der Waals surface area contributed by atoms with Crippen LogP contribution in [0.5, 0.6) is 5.75 Å². The van der Waals surface area contributed by atoms with Crippen molar-refractivity contribution < 1.29 is 9.53 Å². The Kier molecular flexibility index (Phi) is 5.12. The van der Waals surface area contributed by atoms with Crippen LogP contribution in [0.2, 0.25) is 0 Å². The molecule has 1 amide bonds. The van der Waals surface area contributed by atoms with Gasteiger partial charge in [0.2, 0.25) is 0 Å². The third-order valence-corrected chi connectivity index (χ3v) is 3.80. The molecule has 0 fully saturated rings. The van der Waals surface area contributed by atoms with Crippen LogP contribution in [0, 0.1) is 13.8 Å². The van der Waals surface area contributed by atoms with Crippen molar-refractivity contribution in [3.8, 4) is 5.75 Å². The Hall–Kier alpha value is -3.41. The summed E-state index contributed by atoms with van der Waals surface area (Å²) >= 11 is 0. The highest BCUT2D eigenvalue weighted by molar-refractivity contribution is 5.95. The third kappa shape index (κ3) is 3.80. The SMILES string of the molecule is C=CCOc1ccc(/C=N/NC(=O)c2c(C)nc3cc(C)ccn23)cc1. The summed E-state index contributed by atoms with van der Waals surface area (Å²) in [5, 5.41) is 4.03. The summed E-state index contributed by atoms with van der Waals surface area (Å²) in [6, 6.07) is 11.3. The van der Waals surface area contributed by atoms with E-state index in [4.69, 9.17) is 4.74 Å². The topological polar surface area (TPSA) is 68.0 Å². The molecule has 0 aliphatic rings. The first-order chi connectivity index (χ1) is 12.6. The van der Waals surface area contributed by atoms with E-state index in [1.54, 1.807) is 16.7 Å². The van der Waals surface area contributed by atoms with Gasteiger partial charge in [-0.05, 0) is 61.4 Å². The van der Waals surface area contributed by atoms with Gasteiger partial charge in [-0.2, -0.15) is 5.10 Å². The van der Waals surface area contributed by atoms with Crippen molar-refractivity contribution in [1.82, 2.24) is 14.8 Å². The number of hydrogen-bond acceptors (Lipinski definition) is 4. The molecule has 0 saturated heterocycles. The van der Waals surface area contributed by atoms with E-state index in [2.05, 4.69) is 22.1 Å². The Balaban J connectivity index is 1.70. The Morgan fingerprint density at radius 3 is 2.81 bits per heavy atom. The maximum atomic E-state index is 12.5. The number of rotatable bonds is 6. The molecule has 6 heteroatoms. The highest BCUT2D eigenvalue weighted by atomic mass is 16.5. The average molecular weight is 348 g/mol. The molecular formula is C20H20N4O2. The molecule has 1 aromatic carbocycles. The number of amides is 1. The molecule has 0 saturated carbocycles. The third-order valence-electron chi connectivity index (χ3n) is 3.80. The lowest BCUT2D eigenvalue weighted by Gasteiger charge is -2.03. The van der Waals surface area contributed by atoms with Crippen LogP contribution in [0.15, 0.2) is 60.4 Å². The number of nitrogens with zero attached hydrogens (tertiary/aromatic N) is 3. The lowest BCUT2D eigenvalue weighted by molar-refractivity contribution is 0.0948. The number of carbonyl (C=O) groups excluding carboxylic acids is 1. The van der Waals surface area contributed by atoms with Crippen LogP contribution in [-0.4, -0.2) is 28.1 Å². The number of imidazole rings is 1. The molecule has 1 N–H and O–H groups in total. The molecule has 0 unspecified atom stereocenters. The molecule has 26 heavy (non-hydrogen) atoms. The molecule has 0 aliphatic heterocycles. The molecule has 3 rings (SSSR count). The Morgan fingerprint density at radius 1 is 1.31 bits per heavy atom. The maximum absolute atomic E-state index is 12.5. The second kappa shape index (κ2) is 7.65. The van der Waals surface area contributed by atoms with Crippen molar-refractivity contribution >= 4 is 17.8 Å². The van der Waals surface area contributed by atoms with Gasteiger partial charge >= 0.3 is 0 Å². The zero-order chi connectivity index (χ0) is 18.5. The Bertz CT molecular complexity index is 971. The van der Waals surface area contributed by atoms with E-state index in [-0.39, 0.29) is 5.91 Å². The Labute approximate surface area is 151 Å². The van der Waals surface area contributed by atoms with E-state index in [0.717, 1.165) is 22.5 Å². The van der Waals surface area contributed by atoms with Gasteiger partial charge in [0.15, 0.2) is 0 Å². The zero-order valence-corrected chi connectivity index (χ0v) is 14.8. The standard InChI is InChI=1S/C20H20N4O2/c1-4-11-26-17-7-5-16(6-8-17)13-21-23-20(25)19-15(3)22-18-12-14(2)9-10-24(18)19/h4-10,12-13H,1,11H2,2-3H3,(H,23,25)/b21-13+. The minimum Gasteiger partial charge on any atom is -0.490 e. The number of carbonyl (C=O) groups is 1. The normalized spacial score (nSPS) is 11.0. The van der Waals surface area contributed by atoms with Crippen LogP contribution in [0.4, 0.5) is 0 Å². The van der Waals surface area contributed by atoms with Crippen molar-refractivity contribution in [2.45, 2.75) is 13.8 Å². The summed E-state index contributed by atoms with van der Waals surface area (Å²) in [7, 11) is 0. The number of benzene rings is 1. The first kappa shape index (κ1) is 17.4. The van der Waals surface area contributed by atoms with E-state index in [9.17, 15) is 4.79 Å². The molecule has 0 spiro atoms. The summed E-state index contributed by atoms with van der Waals surface area (Å²) in [6.07, 6.45) is 5.11. The predicted molar refractivity (Wildman–Crippen MR) is 102 cm³/mol. The quantitative estimate of drug-likeness (QED) is 0.422. The summed E-state index contributed by atoms with van der Waals surface area (Å²) < 4.78 is 7.19. The van der Waals surface area contributed by atoms with E-state index in [1.807, 2.05) is 56.4 Å². The van der Waals surface area contributed by atoms with E-state index >= 15 is 0 Å². The fourth-order valence-corrected chi connectivity index (χ4v) is 2.56. The number of aromatic nitrogens is 2. The molecular weight excluding hydrogens is 328 g/mol. The van der Waals surface area contributed by atoms with Crippen LogP contribution >= 0.6 is 0 Å². The molecule has 0 bridgehead atoms. The minimum atomic E-state index is -0.305. The van der Waals surface area contributed by atoms with Crippen LogP contribution in [0.3, 0.4) is 0 Å². The van der Waals surface area contributed by atoms with Gasteiger partial charge in [0.05, 0.1) is 11.9 Å². The number of fused-ring (bicyclic) bond motifs is 1. The van der Waals surface area contributed by atoms with Crippen LogP contribution < -0.4 is 10.2 Å². The van der Waals surface area contributed by atoms with Gasteiger partial charge < -0.3 is 4.74 Å². The second-order valence-electron chi connectivity index (χ2n) is 5.85. The predicted octanol–water partition coefficient (Wildman–Crippen LogP) is 3.28. The highest BCUT2D eigenvalue weighted by Crippen LogP contribution is 2.14. The summed E-state index contributed by atoms with van der Waals surface area (Å²) in [5.74, 6) is 0.448. The van der Waals surface area contributed by atoms with Crippen molar-refractivity contribution in [2.75, 3.05) is 6.61 Å². The van der Waals surface area contributed by atoms with Crippen molar-refractivity contribution in [1.29, 1.82) is 0 Å². The van der Waals surface area contributed by atoms with Gasteiger partial charge in [-0.1, -0.05) is 12.7 Å². The fraction of sp³-hybridized carbons (Fsp3) is 0.150. The average Bonchev–Trinajstić information content (AvgIpc) is 2.95. The summed E-state index contributed by atoms with van der Waals surface area (Å²) in [6.45, 7) is 7.86. The molecule has 6 nitrogen and oxygen atoms in total. The lowest BCUT2D eigenvalue weighted by Crippen LogP contribution is -2.20. The monoisotopic (exact) mass is 348 g/mol. The summed E-state index contributed by atoms with van der Waals surface area (Å²) in [4.78, 5) is 16.9. The van der Waals surface area contributed by atoms with Crippen molar-refractivity contribution in [3.05, 3.63) is 77.8 Å². The van der Waals surface area contributed by atoms with Gasteiger partial charge in [0.1, 0.15) is 23.7 Å². The molecule has 3 aromatic rings. The van der Waals surface area contributed by atoms with E-state index in [0.29, 0.717) is 18.0 Å². The summed E-state index contributed by atoms with van der Waals surface area (Å²) in [5.41, 5.74) is 6.37. The lowest BCUT2D eigenvalue weighted by atomic mass is 10.2. The van der Waals surface area contributed by atoms with E-state index in [1.165, 1.54) is 0 Å². The minimum absolute atomic E-state index is 0.305. The van der Waals surface area contributed by atoms with Crippen molar-refractivity contribution in [3.63, 3.8) is 0 Å². The second-order valence-corrected chi connectivity index (χ2v) is 5.85. The molecule has 0 atom stereocenters. The Morgan fingerprint density at radius 2 is 2.08 bits per heavy atom. The molecule has 0 aliphatic carbocycles. The first-order valence-electron chi connectivity index (χ1n) is 8.21. The number of pyridine rings is 1. The largest absolute Gasteiger partial charge is 0.490 e.